The second-order valence-electron chi connectivity index (χ2n) is 7.58. The number of aryl methyl sites for hydroxylation is 1. The minimum Gasteiger partial charge on any atom is -0.441 e. The zero-order chi connectivity index (χ0) is 22.5. The van der Waals surface area contributed by atoms with Crippen molar-refractivity contribution in [2.24, 2.45) is 5.92 Å². The number of aromatic nitrogens is 4. The van der Waals surface area contributed by atoms with Gasteiger partial charge < -0.3 is 14.3 Å². The van der Waals surface area contributed by atoms with Gasteiger partial charge in [0.15, 0.2) is 11.7 Å². The molecule has 4 aromatic rings. The van der Waals surface area contributed by atoms with Crippen molar-refractivity contribution < 1.29 is 18.1 Å². The summed E-state index contributed by atoms with van der Waals surface area (Å²) < 4.78 is 24.9. The third kappa shape index (κ3) is 4.88. The number of amides is 1. The van der Waals surface area contributed by atoms with Gasteiger partial charge in [0.25, 0.3) is 0 Å². The van der Waals surface area contributed by atoms with Crippen molar-refractivity contribution in [3.05, 3.63) is 72.6 Å². The van der Waals surface area contributed by atoms with Crippen molar-refractivity contribution in [1.82, 2.24) is 25.4 Å². The van der Waals surface area contributed by atoms with Gasteiger partial charge in [0.1, 0.15) is 11.9 Å². The zero-order valence-electron chi connectivity index (χ0n) is 17.7. The Kier molecular flexibility index (Phi) is 6.34. The Morgan fingerprint density at radius 1 is 1.16 bits per heavy atom. The predicted octanol–water partition coefficient (Wildman–Crippen LogP) is 4.37. The van der Waals surface area contributed by atoms with Crippen LogP contribution in [-0.4, -0.2) is 26.0 Å². The lowest BCUT2D eigenvalue weighted by Gasteiger charge is -2.18. The number of nitrogens with one attached hydrogen (secondary N) is 1. The third-order valence-electron chi connectivity index (χ3n) is 4.89. The first-order valence-electron chi connectivity index (χ1n) is 10.2. The molecule has 9 heteroatoms. The number of carbonyl (C=O) groups excluding carboxylic acids is 1. The minimum atomic E-state index is -0.441. The molecule has 1 amide bonds. The molecule has 0 aliphatic rings. The summed E-state index contributed by atoms with van der Waals surface area (Å²) in [5.41, 5.74) is 1.11. The van der Waals surface area contributed by atoms with Gasteiger partial charge in [-0.15, -0.1) is 0 Å². The third-order valence-corrected chi connectivity index (χ3v) is 4.89. The van der Waals surface area contributed by atoms with E-state index in [2.05, 4.69) is 25.4 Å². The summed E-state index contributed by atoms with van der Waals surface area (Å²) >= 11 is 0. The van der Waals surface area contributed by atoms with Gasteiger partial charge in [0, 0.05) is 30.8 Å². The van der Waals surface area contributed by atoms with Gasteiger partial charge in [-0.2, -0.15) is 4.98 Å². The van der Waals surface area contributed by atoms with E-state index in [-0.39, 0.29) is 24.7 Å². The average molecular weight is 435 g/mol. The molecule has 1 unspecified atom stereocenters. The minimum absolute atomic E-state index is 0.0269. The SMILES string of the molecule is CC(C)C(NC(=O)CCc1ncc(-c2ccccc2F)o1)c1nc(-c2ccncc2)no1. The van der Waals surface area contributed by atoms with Crippen molar-refractivity contribution in [2.45, 2.75) is 32.7 Å². The van der Waals surface area contributed by atoms with Crippen molar-refractivity contribution in [2.75, 3.05) is 0 Å². The number of hydrogen-bond donors (Lipinski definition) is 1. The van der Waals surface area contributed by atoms with E-state index in [0.29, 0.717) is 28.9 Å². The van der Waals surface area contributed by atoms with Crippen molar-refractivity contribution in [3.63, 3.8) is 0 Å². The van der Waals surface area contributed by atoms with Crippen molar-refractivity contribution in [1.29, 1.82) is 0 Å². The standard InChI is InChI=1S/C23H22FN5O3/c1-14(2)21(23-28-22(29-32-23)15-9-11-25-12-10-15)27-19(30)7-8-20-26-13-18(31-20)16-5-3-4-6-17(16)24/h3-6,9-14,21H,7-8H2,1-2H3,(H,27,30). The first-order chi connectivity index (χ1) is 15.5. The molecule has 0 saturated heterocycles. The summed E-state index contributed by atoms with van der Waals surface area (Å²) in [6, 6.07) is 9.42. The molecular weight excluding hydrogens is 413 g/mol. The highest BCUT2D eigenvalue weighted by Gasteiger charge is 2.25. The van der Waals surface area contributed by atoms with Crippen molar-refractivity contribution >= 4 is 5.91 Å². The lowest BCUT2D eigenvalue weighted by Crippen LogP contribution is -2.32. The summed E-state index contributed by atoms with van der Waals surface area (Å²) in [5.74, 6) is 0.877. The monoisotopic (exact) mass is 435 g/mol. The van der Waals surface area contributed by atoms with Gasteiger partial charge in [-0.3, -0.25) is 9.78 Å². The van der Waals surface area contributed by atoms with Crippen LogP contribution < -0.4 is 5.32 Å². The van der Waals surface area contributed by atoms with E-state index in [9.17, 15) is 9.18 Å². The van der Waals surface area contributed by atoms with Gasteiger partial charge in [0.05, 0.1) is 11.8 Å². The fraction of sp³-hybridized carbons (Fsp3) is 0.261. The first-order valence-corrected chi connectivity index (χ1v) is 10.2. The Morgan fingerprint density at radius 2 is 1.94 bits per heavy atom. The van der Waals surface area contributed by atoms with Gasteiger partial charge in [-0.05, 0) is 30.2 Å². The summed E-state index contributed by atoms with van der Waals surface area (Å²) in [6.07, 6.45) is 5.17. The Hall–Kier alpha value is -3.88. The number of carbonyl (C=O) groups is 1. The van der Waals surface area contributed by atoms with E-state index in [1.807, 2.05) is 13.8 Å². The molecule has 0 spiro atoms. The number of benzene rings is 1. The van der Waals surface area contributed by atoms with E-state index in [1.165, 1.54) is 12.3 Å². The molecule has 32 heavy (non-hydrogen) atoms. The fourth-order valence-corrected chi connectivity index (χ4v) is 3.17. The van der Waals surface area contributed by atoms with Gasteiger partial charge >= 0.3 is 0 Å². The second kappa shape index (κ2) is 9.51. The van der Waals surface area contributed by atoms with E-state index in [4.69, 9.17) is 8.94 Å². The molecule has 1 aromatic carbocycles. The van der Waals surface area contributed by atoms with Crippen molar-refractivity contribution in [3.8, 4) is 22.7 Å². The van der Waals surface area contributed by atoms with Gasteiger partial charge in [-0.25, -0.2) is 9.37 Å². The molecule has 0 aliphatic carbocycles. The maximum absolute atomic E-state index is 13.9. The molecular formula is C23H22FN5O3. The molecule has 3 heterocycles. The van der Waals surface area contributed by atoms with E-state index >= 15 is 0 Å². The molecule has 0 saturated carbocycles. The molecule has 0 radical (unpaired) electrons. The highest BCUT2D eigenvalue weighted by molar-refractivity contribution is 5.76. The Bertz CT molecular complexity index is 1190. The molecule has 8 nitrogen and oxygen atoms in total. The quantitative estimate of drug-likeness (QED) is 0.438. The Morgan fingerprint density at radius 3 is 2.69 bits per heavy atom. The van der Waals surface area contributed by atoms with E-state index in [1.54, 1.807) is 42.7 Å². The highest BCUT2D eigenvalue weighted by Crippen LogP contribution is 2.25. The maximum atomic E-state index is 13.9. The van der Waals surface area contributed by atoms with Crippen LogP contribution in [0, 0.1) is 11.7 Å². The normalized spacial score (nSPS) is 12.1. The number of halogens is 1. The Labute approximate surface area is 183 Å². The Balaban J connectivity index is 1.38. The molecule has 0 bridgehead atoms. The van der Waals surface area contributed by atoms with Crippen LogP contribution in [0.4, 0.5) is 4.39 Å². The average Bonchev–Trinajstić information content (AvgIpc) is 3.47. The molecule has 164 valence electrons. The molecule has 0 aliphatic heterocycles. The fourth-order valence-electron chi connectivity index (χ4n) is 3.17. The number of pyridine rings is 1. The van der Waals surface area contributed by atoms with Crippen LogP contribution >= 0.6 is 0 Å². The highest BCUT2D eigenvalue weighted by atomic mass is 19.1. The van der Waals surface area contributed by atoms with Crippen LogP contribution in [0.3, 0.4) is 0 Å². The largest absolute Gasteiger partial charge is 0.441 e. The summed E-state index contributed by atoms with van der Waals surface area (Å²) in [4.78, 5) is 25.1. The van der Waals surface area contributed by atoms with E-state index < -0.39 is 11.9 Å². The predicted molar refractivity (Wildman–Crippen MR) is 113 cm³/mol. The van der Waals surface area contributed by atoms with Crippen LogP contribution in [0.5, 0.6) is 0 Å². The molecule has 1 N–H and O–H groups in total. The lowest BCUT2D eigenvalue weighted by atomic mass is 10.0. The number of oxazole rings is 1. The van der Waals surface area contributed by atoms with Crippen LogP contribution in [0.1, 0.15) is 38.1 Å². The first kappa shape index (κ1) is 21.4. The summed E-state index contributed by atoms with van der Waals surface area (Å²) in [5, 5.41) is 6.95. The van der Waals surface area contributed by atoms with E-state index in [0.717, 1.165) is 5.56 Å². The molecule has 1 atom stereocenters. The number of rotatable bonds is 8. The zero-order valence-corrected chi connectivity index (χ0v) is 17.7. The maximum Gasteiger partial charge on any atom is 0.249 e. The van der Waals surface area contributed by atoms with Crippen LogP contribution in [0.15, 0.2) is 63.9 Å². The van der Waals surface area contributed by atoms with Gasteiger partial charge in [-0.1, -0.05) is 31.1 Å². The number of nitrogens with zero attached hydrogens (tertiary/aromatic N) is 4. The topological polar surface area (TPSA) is 107 Å². The van der Waals surface area contributed by atoms with Crippen LogP contribution in [-0.2, 0) is 11.2 Å². The van der Waals surface area contributed by atoms with Crippen LogP contribution in [0.2, 0.25) is 0 Å². The molecule has 4 rings (SSSR count). The van der Waals surface area contributed by atoms with Gasteiger partial charge in [0.2, 0.25) is 17.6 Å². The number of hydrogen-bond acceptors (Lipinski definition) is 7. The lowest BCUT2D eigenvalue weighted by molar-refractivity contribution is -0.122. The second-order valence-corrected chi connectivity index (χ2v) is 7.58. The molecule has 3 aromatic heterocycles. The summed E-state index contributed by atoms with van der Waals surface area (Å²) in [7, 11) is 0. The smallest absolute Gasteiger partial charge is 0.249 e. The molecule has 0 fully saturated rings. The van der Waals surface area contributed by atoms with Crippen LogP contribution in [0.25, 0.3) is 22.7 Å². The summed E-state index contributed by atoms with van der Waals surface area (Å²) in [6.45, 7) is 3.91.